The van der Waals surface area contributed by atoms with Gasteiger partial charge in [0.05, 0.1) is 0 Å². The molecule has 0 aliphatic heterocycles. The molecule has 0 heterocycles. The summed E-state index contributed by atoms with van der Waals surface area (Å²) in [5.74, 6) is 0.0889. The zero-order valence-corrected chi connectivity index (χ0v) is 13.7. The number of carbonyl (C=O) groups excluding carboxylic acids is 1. The van der Waals surface area contributed by atoms with Crippen LogP contribution < -0.4 is 9.47 Å². The van der Waals surface area contributed by atoms with Crippen molar-refractivity contribution in [3.8, 4) is 11.5 Å². The van der Waals surface area contributed by atoms with E-state index in [-0.39, 0.29) is 25.4 Å². The van der Waals surface area contributed by atoms with E-state index >= 15 is 0 Å². The predicted molar refractivity (Wildman–Crippen MR) is 89.8 cm³/mol. The van der Waals surface area contributed by atoms with Gasteiger partial charge in [0.25, 0.3) is 0 Å². The van der Waals surface area contributed by atoms with Crippen LogP contribution in [0, 0.1) is 0 Å². The summed E-state index contributed by atoms with van der Waals surface area (Å²) in [7, 11) is 0. The summed E-state index contributed by atoms with van der Waals surface area (Å²) in [6.45, 7) is -0.180. The Labute approximate surface area is 144 Å². The van der Waals surface area contributed by atoms with Crippen molar-refractivity contribution in [1.82, 2.24) is 0 Å². The largest absolute Gasteiger partial charge is 0.486 e. The van der Waals surface area contributed by atoms with Gasteiger partial charge in [0.15, 0.2) is 0 Å². The van der Waals surface area contributed by atoms with Crippen molar-refractivity contribution in [2.24, 2.45) is 0 Å². The van der Waals surface area contributed by atoms with E-state index in [0.717, 1.165) is 5.56 Å². The highest BCUT2D eigenvalue weighted by atomic mass is 35.5. The third kappa shape index (κ3) is 6.30. The van der Waals surface area contributed by atoms with Crippen LogP contribution in [-0.4, -0.2) is 30.1 Å². The number of benzene rings is 2. The second-order valence-electron chi connectivity index (χ2n) is 5.11. The minimum atomic E-state index is -0.832. The van der Waals surface area contributed by atoms with Gasteiger partial charge in [-0.2, -0.15) is 0 Å². The summed E-state index contributed by atoms with van der Waals surface area (Å²) < 4.78 is 10.7. The molecule has 0 atom stereocenters. The minimum Gasteiger partial charge on any atom is -0.486 e. The number of carboxylic acids is 1. The van der Waals surface area contributed by atoms with Crippen LogP contribution in [0.2, 0.25) is 5.02 Å². The zero-order chi connectivity index (χ0) is 17.4. The standard InChI is InChI=1S/C18H17ClO5/c19-14-4-8-17(9-5-14)24-12-15(20)11-23-16-6-1-13(2-7-16)3-10-18(21)22/h1-2,4-9H,3,10-12H2,(H,21,22). The van der Waals surface area contributed by atoms with E-state index in [1.807, 2.05) is 0 Å². The molecule has 2 rings (SSSR count). The van der Waals surface area contributed by atoms with Crippen LogP contribution in [0.1, 0.15) is 12.0 Å². The number of aliphatic carboxylic acids is 1. The minimum absolute atomic E-state index is 0.0841. The highest BCUT2D eigenvalue weighted by Crippen LogP contribution is 2.16. The summed E-state index contributed by atoms with van der Waals surface area (Å²) in [5, 5.41) is 9.24. The van der Waals surface area contributed by atoms with E-state index in [4.69, 9.17) is 26.2 Å². The van der Waals surface area contributed by atoms with E-state index in [1.54, 1.807) is 48.5 Å². The normalized spacial score (nSPS) is 10.2. The Bertz CT molecular complexity index is 680. The maximum Gasteiger partial charge on any atom is 0.303 e. The van der Waals surface area contributed by atoms with Crippen molar-refractivity contribution >= 4 is 23.4 Å². The Balaban J connectivity index is 1.73. The van der Waals surface area contributed by atoms with Gasteiger partial charge in [-0.25, -0.2) is 0 Å². The number of halogens is 1. The van der Waals surface area contributed by atoms with E-state index in [0.29, 0.717) is 22.9 Å². The molecule has 5 nitrogen and oxygen atoms in total. The number of ketones is 1. The van der Waals surface area contributed by atoms with Crippen LogP contribution in [0.5, 0.6) is 11.5 Å². The fraction of sp³-hybridized carbons (Fsp3) is 0.222. The van der Waals surface area contributed by atoms with E-state index in [2.05, 4.69) is 0 Å². The molecule has 0 unspecified atom stereocenters. The smallest absolute Gasteiger partial charge is 0.303 e. The Hall–Kier alpha value is -2.53. The first-order chi connectivity index (χ1) is 11.5. The lowest BCUT2D eigenvalue weighted by Gasteiger charge is -2.08. The molecule has 0 radical (unpaired) electrons. The molecule has 0 fully saturated rings. The molecule has 1 N–H and O–H groups in total. The Morgan fingerprint density at radius 2 is 1.38 bits per heavy atom. The highest BCUT2D eigenvalue weighted by Gasteiger charge is 2.06. The number of hydrogen-bond acceptors (Lipinski definition) is 4. The molecule has 2 aromatic carbocycles. The van der Waals surface area contributed by atoms with E-state index in [9.17, 15) is 9.59 Å². The number of aryl methyl sites for hydroxylation is 1. The molecule has 0 spiro atoms. The van der Waals surface area contributed by atoms with Crippen LogP contribution in [0.3, 0.4) is 0 Å². The van der Waals surface area contributed by atoms with E-state index in [1.165, 1.54) is 0 Å². The maximum atomic E-state index is 11.8. The summed E-state index contributed by atoms with van der Waals surface area (Å²) in [6.07, 6.45) is 0.546. The van der Waals surface area contributed by atoms with Gasteiger partial charge in [-0.3, -0.25) is 9.59 Å². The van der Waals surface area contributed by atoms with Gasteiger partial charge in [0.2, 0.25) is 5.78 Å². The van der Waals surface area contributed by atoms with Crippen LogP contribution in [0.4, 0.5) is 0 Å². The highest BCUT2D eigenvalue weighted by molar-refractivity contribution is 6.30. The Kier molecular flexibility index (Phi) is 6.63. The first-order valence-corrected chi connectivity index (χ1v) is 7.74. The molecule has 0 aliphatic rings. The molecule has 24 heavy (non-hydrogen) atoms. The fourth-order valence-corrected chi connectivity index (χ4v) is 2.03. The molecule has 2 aromatic rings. The number of carbonyl (C=O) groups is 2. The van der Waals surface area contributed by atoms with Crippen LogP contribution in [0.15, 0.2) is 48.5 Å². The van der Waals surface area contributed by atoms with Crippen molar-refractivity contribution in [3.63, 3.8) is 0 Å². The van der Waals surface area contributed by atoms with Crippen molar-refractivity contribution in [2.75, 3.05) is 13.2 Å². The monoisotopic (exact) mass is 348 g/mol. The topological polar surface area (TPSA) is 72.8 Å². The van der Waals surface area contributed by atoms with Crippen LogP contribution >= 0.6 is 11.6 Å². The number of ether oxygens (including phenoxy) is 2. The molecule has 0 bridgehead atoms. The molecule has 6 heteroatoms. The van der Waals surface area contributed by atoms with Crippen LogP contribution in [0.25, 0.3) is 0 Å². The zero-order valence-electron chi connectivity index (χ0n) is 12.9. The average molecular weight is 349 g/mol. The molecule has 0 saturated heterocycles. The third-order valence-corrected chi connectivity index (χ3v) is 3.42. The molecular weight excluding hydrogens is 332 g/mol. The second-order valence-corrected chi connectivity index (χ2v) is 5.54. The van der Waals surface area contributed by atoms with Crippen LogP contribution in [-0.2, 0) is 16.0 Å². The van der Waals surface area contributed by atoms with Gasteiger partial charge in [-0.15, -0.1) is 0 Å². The SMILES string of the molecule is O=C(O)CCc1ccc(OCC(=O)COc2ccc(Cl)cc2)cc1. The predicted octanol–water partition coefficient (Wildman–Crippen LogP) is 3.38. The van der Waals surface area contributed by atoms with E-state index < -0.39 is 5.97 Å². The summed E-state index contributed by atoms with van der Waals surface area (Å²) in [4.78, 5) is 22.3. The van der Waals surface area contributed by atoms with Gasteiger partial charge in [0.1, 0.15) is 24.7 Å². The molecule has 0 aromatic heterocycles. The molecular formula is C18H17ClO5. The van der Waals surface area contributed by atoms with Crippen molar-refractivity contribution in [2.45, 2.75) is 12.8 Å². The van der Waals surface area contributed by atoms with Crippen molar-refractivity contribution in [3.05, 3.63) is 59.1 Å². The Morgan fingerprint density at radius 3 is 1.88 bits per heavy atom. The van der Waals surface area contributed by atoms with Gasteiger partial charge >= 0.3 is 5.97 Å². The van der Waals surface area contributed by atoms with Gasteiger partial charge in [-0.05, 0) is 48.4 Å². The van der Waals surface area contributed by atoms with Gasteiger partial charge in [-0.1, -0.05) is 23.7 Å². The summed E-state index contributed by atoms with van der Waals surface area (Å²) in [5.41, 5.74) is 0.905. The Morgan fingerprint density at radius 1 is 0.875 bits per heavy atom. The fourth-order valence-electron chi connectivity index (χ4n) is 1.90. The number of rotatable bonds is 9. The molecule has 126 valence electrons. The number of hydrogen-bond donors (Lipinski definition) is 1. The van der Waals surface area contributed by atoms with Crippen molar-refractivity contribution in [1.29, 1.82) is 0 Å². The third-order valence-electron chi connectivity index (χ3n) is 3.16. The van der Waals surface area contributed by atoms with Crippen molar-refractivity contribution < 1.29 is 24.2 Å². The maximum absolute atomic E-state index is 11.8. The lowest BCUT2D eigenvalue weighted by Crippen LogP contribution is -2.19. The second kappa shape index (κ2) is 8.93. The number of Topliss-reactive ketones (excluding diaryl/α,β-unsaturated/α-hetero) is 1. The summed E-state index contributed by atoms with van der Waals surface area (Å²) >= 11 is 5.77. The molecule has 0 amide bonds. The van der Waals surface area contributed by atoms with Gasteiger partial charge in [0, 0.05) is 11.4 Å². The first kappa shape index (κ1) is 17.8. The summed E-state index contributed by atoms with van der Waals surface area (Å²) in [6, 6.07) is 13.7. The first-order valence-electron chi connectivity index (χ1n) is 7.36. The lowest BCUT2D eigenvalue weighted by atomic mass is 10.1. The number of carboxylic acid groups (broad SMARTS) is 1. The van der Waals surface area contributed by atoms with Gasteiger partial charge < -0.3 is 14.6 Å². The quantitative estimate of drug-likeness (QED) is 0.752. The average Bonchev–Trinajstić information content (AvgIpc) is 2.58. The molecule has 0 aliphatic carbocycles. The molecule has 0 saturated carbocycles. The lowest BCUT2D eigenvalue weighted by molar-refractivity contribution is -0.137.